The van der Waals surface area contributed by atoms with E-state index in [4.69, 9.17) is 9.47 Å². The van der Waals surface area contributed by atoms with Crippen LogP contribution in [-0.2, 0) is 9.47 Å². The molecule has 1 rings (SSSR count). The summed E-state index contributed by atoms with van der Waals surface area (Å²) in [5.41, 5.74) is 1.00. The van der Waals surface area contributed by atoms with Crippen LogP contribution < -0.4 is 4.72 Å². The lowest BCUT2D eigenvalue weighted by Crippen LogP contribution is -2.22. The van der Waals surface area contributed by atoms with E-state index in [2.05, 4.69) is 16.3 Å². The zero-order chi connectivity index (χ0) is 8.27. The zero-order valence-electron chi connectivity index (χ0n) is 6.96. The fourth-order valence-electron chi connectivity index (χ4n) is 0.906. The van der Waals surface area contributed by atoms with Crippen molar-refractivity contribution in [3.05, 3.63) is 11.8 Å². The third-order valence-electron chi connectivity index (χ3n) is 1.41. The maximum absolute atomic E-state index is 5.06. The lowest BCUT2D eigenvalue weighted by molar-refractivity contribution is -0.0765. The van der Waals surface area contributed by atoms with Crippen LogP contribution in [0.1, 0.15) is 0 Å². The topological polar surface area (TPSA) is 30.5 Å². The predicted molar refractivity (Wildman–Crippen MR) is 48.6 cm³/mol. The molecule has 1 aliphatic heterocycles. The molecule has 0 amide bonds. The average molecular weight is 175 g/mol. The highest BCUT2D eigenvalue weighted by Crippen LogP contribution is 2.15. The van der Waals surface area contributed by atoms with Crippen LogP contribution in [0.2, 0.25) is 0 Å². The van der Waals surface area contributed by atoms with E-state index < -0.39 is 0 Å². The summed E-state index contributed by atoms with van der Waals surface area (Å²) >= 11 is 0. The lowest BCUT2D eigenvalue weighted by Gasteiger charge is -2.15. The average Bonchev–Trinajstić information content (AvgIpc) is 2.39. The van der Waals surface area contributed by atoms with Gasteiger partial charge in [0.25, 0.3) is 0 Å². The van der Waals surface area contributed by atoms with E-state index >= 15 is 0 Å². The summed E-state index contributed by atoms with van der Waals surface area (Å²) in [5.74, 6) is 0. The molecule has 0 aromatic carbocycles. The van der Waals surface area contributed by atoms with Gasteiger partial charge in [0, 0.05) is 14.2 Å². The van der Waals surface area contributed by atoms with Crippen molar-refractivity contribution >= 4 is 16.0 Å². The first-order valence-corrected chi connectivity index (χ1v) is 4.99. The van der Waals surface area contributed by atoms with E-state index in [0.29, 0.717) is 0 Å². The van der Waals surface area contributed by atoms with E-state index in [9.17, 15) is 0 Å². The Bertz CT molecular complexity index is 197. The van der Waals surface area contributed by atoms with Crippen molar-refractivity contribution in [2.24, 2.45) is 0 Å². The Morgan fingerprint density at radius 2 is 2.09 bits per heavy atom. The Morgan fingerprint density at radius 3 is 2.45 bits per heavy atom. The second kappa shape index (κ2) is 3.90. The Balaban J connectivity index is 2.51. The quantitative estimate of drug-likeness (QED) is 0.506. The van der Waals surface area contributed by atoms with Crippen molar-refractivity contribution in [3.63, 3.8) is 0 Å². The Labute approximate surface area is 69.4 Å². The van der Waals surface area contributed by atoms with Crippen LogP contribution in [0.5, 0.6) is 0 Å². The Kier molecular flexibility index (Phi) is 3.11. The molecule has 1 aliphatic rings. The highest BCUT2D eigenvalue weighted by Gasteiger charge is 2.14. The standard InChI is InChI=1S/C7H13NO2S/c1-9-7(10-2)6-4-5-11(3)8-6/h4-5,7-8H,1-3H3. The molecule has 0 aromatic heterocycles. The summed E-state index contributed by atoms with van der Waals surface area (Å²) in [4.78, 5) is 0. The smallest absolute Gasteiger partial charge is 0.198 e. The molecule has 11 heavy (non-hydrogen) atoms. The Hall–Kier alpha value is -0.320. The Morgan fingerprint density at radius 1 is 1.45 bits per heavy atom. The monoisotopic (exact) mass is 175 g/mol. The SMILES string of the molecule is COC(OC)C1=CC=S(C)N1. The van der Waals surface area contributed by atoms with Crippen LogP contribution in [-0.4, -0.2) is 32.1 Å². The molecule has 1 atom stereocenters. The molecule has 0 saturated carbocycles. The van der Waals surface area contributed by atoms with E-state index in [1.165, 1.54) is 0 Å². The van der Waals surface area contributed by atoms with Gasteiger partial charge in [-0.25, -0.2) is 0 Å². The summed E-state index contributed by atoms with van der Waals surface area (Å²) in [6.07, 6.45) is 3.86. The van der Waals surface area contributed by atoms with Gasteiger partial charge in [0.1, 0.15) is 0 Å². The van der Waals surface area contributed by atoms with Crippen molar-refractivity contribution in [3.8, 4) is 0 Å². The van der Waals surface area contributed by atoms with Gasteiger partial charge in [0.15, 0.2) is 6.29 Å². The summed E-state index contributed by atoms with van der Waals surface area (Å²) in [6, 6.07) is 0. The highest BCUT2D eigenvalue weighted by atomic mass is 32.2. The second-order valence-electron chi connectivity index (χ2n) is 2.22. The third kappa shape index (κ3) is 2.05. The molecule has 3 nitrogen and oxygen atoms in total. The van der Waals surface area contributed by atoms with Crippen molar-refractivity contribution in [2.45, 2.75) is 6.29 Å². The molecule has 4 heteroatoms. The van der Waals surface area contributed by atoms with Gasteiger partial charge in [-0.3, -0.25) is 0 Å². The molecule has 1 N–H and O–H groups in total. The summed E-state index contributed by atoms with van der Waals surface area (Å²) in [7, 11) is 3.40. The molecular formula is C7H13NO2S. The van der Waals surface area contributed by atoms with Crippen molar-refractivity contribution in [2.75, 3.05) is 20.5 Å². The van der Waals surface area contributed by atoms with E-state index in [-0.39, 0.29) is 17.0 Å². The maximum Gasteiger partial charge on any atom is 0.198 e. The molecule has 0 radical (unpaired) electrons. The number of methoxy groups -OCH3 is 2. The van der Waals surface area contributed by atoms with Gasteiger partial charge in [-0.15, -0.1) is 10.7 Å². The number of hydrogen-bond donors (Lipinski definition) is 1. The number of ether oxygens (including phenoxy) is 2. The van der Waals surface area contributed by atoms with Crippen molar-refractivity contribution in [1.29, 1.82) is 0 Å². The van der Waals surface area contributed by atoms with E-state index in [1.54, 1.807) is 14.2 Å². The fraction of sp³-hybridized carbons (Fsp3) is 0.571. The molecule has 0 aromatic rings. The predicted octanol–water partition coefficient (Wildman–Crippen LogP) is 0.708. The molecule has 64 valence electrons. The molecule has 0 saturated heterocycles. The van der Waals surface area contributed by atoms with Crippen LogP contribution in [0.3, 0.4) is 0 Å². The zero-order valence-corrected chi connectivity index (χ0v) is 7.77. The van der Waals surface area contributed by atoms with E-state index in [0.717, 1.165) is 5.70 Å². The van der Waals surface area contributed by atoms with Gasteiger partial charge in [0.2, 0.25) is 0 Å². The first-order chi connectivity index (χ1) is 5.27. The summed E-state index contributed by atoms with van der Waals surface area (Å²) in [5, 5.41) is 2.10. The maximum atomic E-state index is 5.06. The molecule has 0 bridgehead atoms. The summed E-state index contributed by atoms with van der Waals surface area (Å²) in [6.45, 7) is 0. The van der Waals surface area contributed by atoms with Crippen LogP contribution in [0.15, 0.2) is 11.8 Å². The molecule has 0 aliphatic carbocycles. The van der Waals surface area contributed by atoms with E-state index in [1.807, 2.05) is 6.08 Å². The van der Waals surface area contributed by atoms with Crippen molar-refractivity contribution in [1.82, 2.24) is 4.72 Å². The first kappa shape index (κ1) is 8.77. The van der Waals surface area contributed by atoms with Crippen molar-refractivity contribution < 1.29 is 9.47 Å². The molecule has 0 spiro atoms. The molecule has 1 unspecified atom stereocenters. The minimum atomic E-state index is -0.247. The van der Waals surface area contributed by atoms with Gasteiger partial charge in [-0.1, -0.05) is 0 Å². The van der Waals surface area contributed by atoms with Gasteiger partial charge in [-0.05, 0) is 17.7 Å². The van der Waals surface area contributed by atoms with Crippen LogP contribution >= 0.6 is 10.7 Å². The highest BCUT2D eigenvalue weighted by molar-refractivity contribution is 8.13. The van der Waals surface area contributed by atoms with Crippen LogP contribution in [0, 0.1) is 0 Å². The van der Waals surface area contributed by atoms with Crippen LogP contribution in [0.25, 0.3) is 0 Å². The van der Waals surface area contributed by atoms with Gasteiger partial charge in [-0.2, -0.15) is 0 Å². The minimum absolute atomic E-state index is 0.146. The fourth-order valence-corrected chi connectivity index (χ4v) is 1.86. The number of allylic oxidation sites excluding steroid dienone is 1. The van der Waals surface area contributed by atoms with Gasteiger partial charge < -0.3 is 14.2 Å². The number of hydrogen-bond acceptors (Lipinski definition) is 3. The lowest BCUT2D eigenvalue weighted by atomic mass is 10.4. The van der Waals surface area contributed by atoms with Gasteiger partial charge >= 0.3 is 0 Å². The second-order valence-corrected chi connectivity index (χ2v) is 3.81. The summed E-state index contributed by atoms with van der Waals surface area (Å²) < 4.78 is 13.4. The molecule has 0 fully saturated rings. The largest absolute Gasteiger partial charge is 0.350 e. The third-order valence-corrected chi connectivity index (χ3v) is 2.51. The van der Waals surface area contributed by atoms with Gasteiger partial charge in [0.05, 0.1) is 5.70 Å². The van der Waals surface area contributed by atoms with Crippen LogP contribution in [0.4, 0.5) is 0 Å². The number of nitrogens with one attached hydrogen (secondary N) is 1. The molecule has 1 heterocycles. The first-order valence-electron chi connectivity index (χ1n) is 3.30. The number of rotatable bonds is 3. The molecular weight excluding hydrogens is 162 g/mol. The minimum Gasteiger partial charge on any atom is -0.350 e. The normalized spacial score (nSPS) is 22.9.